The summed E-state index contributed by atoms with van der Waals surface area (Å²) in [6.45, 7) is -0.332. The number of rotatable bonds is 3. The smallest absolute Gasteiger partial charge is 0.410 e. The molecule has 8 heteroatoms. The van der Waals surface area contributed by atoms with Crippen molar-refractivity contribution in [2.24, 2.45) is 11.3 Å². The van der Waals surface area contributed by atoms with Crippen LogP contribution in [0, 0.1) is 11.3 Å². The highest BCUT2D eigenvalue weighted by molar-refractivity contribution is 5.75. The third-order valence-corrected chi connectivity index (χ3v) is 6.51. The van der Waals surface area contributed by atoms with Gasteiger partial charge in [-0.2, -0.15) is 0 Å². The lowest BCUT2D eigenvalue weighted by Crippen LogP contribution is -2.53. The van der Waals surface area contributed by atoms with Crippen LogP contribution in [0.4, 0.5) is 9.59 Å². The Hall–Kier alpha value is -2.35. The van der Waals surface area contributed by atoms with E-state index < -0.39 is 24.6 Å². The van der Waals surface area contributed by atoms with E-state index in [9.17, 15) is 9.59 Å². The van der Waals surface area contributed by atoms with Crippen molar-refractivity contribution in [3.63, 3.8) is 0 Å². The molecule has 156 valence electrons. The molecule has 2 saturated heterocycles. The van der Waals surface area contributed by atoms with E-state index in [0.717, 1.165) is 19.3 Å². The van der Waals surface area contributed by atoms with Crippen LogP contribution >= 0.6 is 0 Å². The zero-order valence-corrected chi connectivity index (χ0v) is 16.4. The lowest BCUT2D eigenvalue weighted by atomic mass is 9.91. The van der Waals surface area contributed by atoms with Crippen molar-refractivity contribution in [3.8, 4) is 0 Å². The highest BCUT2D eigenvalue weighted by atomic mass is 16.6. The van der Waals surface area contributed by atoms with E-state index in [2.05, 4.69) is 10.3 Å². The largest absolute Gasteiger partial charge is 0.438 e. The number of likely N-dealkylation sites (tertiary alicyclic amines) is 1. The summed E-state index contributed by atoms with van der Waals surface area (Å²) < 4.78 is 44.1. The molecule has 0 bridgehead atoms. The van der Waals surface area contributed by atoms with Crippen LogP contribution in [0.1, 0.15) is 42.8 Å². The minimum atomic E-state index is -2.30. The molecular formula is C21H28N4O4. The maximum Gasteiger partial charge on any atom is 0.410 e. The van der Waals surface area contributed by atoms with Crippen LogP contribution < -0.4 is 5.32 Å². The molecule has 3 amide bonds. The highest BCUT2D eigenvalue weighted by Crippen LogP contribution is 2.59. The average molecular weight is 405 g/mol. The SMILES string of the molecule is [2H]C1([2H])c2ccncc2C([2H])([2H])N1C(=O)NCC1CC12CCN(C(=O)OC1(C)COC1)CC2. The number of fused-ring (bicyclic) bond motifs is 1. The molecule has 29 heavy (non-hydrogen) atoms. The van der Waals surface area contributed by atoms with Crippen molar-refractivity contribution < 1.29 is 24.5 Å². The van der Waals surface area contributed by atoms with Crippen LogP contribution in [0.3, 0.4) is 0 Å². The van der Waals surface area contributed by atoms with E-state index in [0.29, 0.717) is 37.7 Å². The maximum atomic E-state index is 12.9. The van der Waals surface area contributed by atoms with Crippen molar-refractivity contribution in [2.75, 3.05) is 32.8 Å². The lowest BCUT2D eigenvalue weighted by Gasteiger charge is -2.40. The van der Waals surface area contributed by atoms with Gasteiger partial charge in [-0.3, -0.25) is 4.98 Å². The molecule has 4 heterocycles. The Kier molecular flexibility index (Phi) is 3.46. The van der Waals surface area contributed by atoms with E-state index in [-0.39, 0.29) is 28.6 Å². The van der Waals surface area contributed by atoms with E-state index in [1.807, 2.05) is 6.92 Å². The van der Waals surface area contributed by atoms with Crippen LogP contribution in [0.5, 0.6) is 0 Å². The maximum absolute atomic E-state index is 12.9. The summed E-state index contributed by atoms with van der Waals surface area (Å²) in [5.41, 5.74) is -0.291. The van der Waals surface area contributed by atoms with Gasteiger partial charge in [0.25, 0.3) is 0 Å². The summed E-state index contributed by atoms with van der Waals surface area (Å²) in [7, 11) is 0. The molecule has 0 radical (unpaired) electrons. The van der Waals surface area contributed by atoms with Crippen LogP contribution in [0.25, 0.3) is 0 Å². The fourth-order valence-electron chi connectivity index (χ4n) is 4.43. The third-order valence-electron chi connectivity index (χ3n) is 6.51. The summed E-state index contributed by atoms with van der Waals surface area (Å²) in [5.74, 6) is 0.223. The fourth-order valence-corrected chi connectivity index (χ4v) is 4.43. The molecule has 1 aromatic rings. The van der Waals surface area contributed by atoms with Crippen molar-refractivity contribution in [2.45, 2.75) is 44.8 Å². The van der Waals surface area contributed by atoms with Gasteiger partial charge in [-0.15, -0.1) is 0 Å². The molecule has 4 aliphatic rings. The zero-order valence-electron chi connectivity index (χ0n) is 20.4. The number of aromatic nitrogens is 1. The summed E-state index contributed by atoms with van der Waals surface area (Å²) in [5, 5.41) is 2.75. The molecule has 1 unspecified atom stereocenters. The number of piperidine rings is 1. The second-order valence-electron chi connectivity index (χ2n) is 8.73. The number of nitrogens with one attached hydrogen (secondary N) is 1. The number of carbonyl (C=O) groups excluding carboxylic acids is 2. The van der Waals surface area contributed by atoms with Gasteiger partial charge in [0.05, 0.1) is 18.7 Å². The van der Waals surface area contributed by atoms with Gasteiger partial charge in [-0.25, -0.2) is 9.59 Å². The van der Waals surface area contributed by atoms with Crippen LogP contribution in [-0.2, 0) is 22.5 Å². The number of carbonyl (C=O) groups is 2. The molecule has 1 aliphatic carbocycles. The molecule has 5 rings (SSSR count). The Balaban J connectivity index is 1.15. The predicted octanol–water partition coefficient (Wildman–Crippen LogP) is 2.13. The zero-order chi connectivity index (χ0) is 23.6. The molecule has 8 nitrogen and oxygen atoms in total. The Labute approximate surface area is 176 Å². The minimum Gasteiger partial charge on any atom is -0.438 e. The van der Waals surface area contributed by atoms with Crippen LogP contribution in [0.2, 0.25) is 0 Å². The molecule has 1 spiro atoms. The van der Waals surface area contributed by atoms with Gasteiger partial charge in [-0.05, 0) is 54.7 Å². The second kappa shape index (κ2) is 6.86. The van der Waals surface area contributed by atoms with Crippen molar-refractivity contribution >= 4 is 12.1 Å². The fraction of sp³-hybridized carbons (Fsp3) is 0.667. The van der Waals surface area contributed by atoms with Gasteiger partial charge in [-0.1, -0.05) is 0 Å². The van der Waals surface area contributed by atoms with Gasteiger partial charge in [0.2, 0.25) is 0 Å². The number of pyridine rings is 1. The molecule has 3 fully saturated rings. The number of urea groups is 1. The van der Waals surface area contributed by atoms with Gasteiger partial charge in [0, 0.05) is 45.0 Å². The molecule has 0 aromatic carbocycles. The minimum absolute atomic E-state index is 0.0590. The summed E-state index contributed by atoms with van der Waals surface area (Å²) >= 11 is 0. The van der Waals surface area contributed by atoms with E-state index in [1.54, 1.807) is 4.90 Å². The number of hydrogen-bond acceptors (Lipinski definition) is 5. The molecule has 1 saturated carbocycles. The number of amides is 3. The number of ether oxygens (including phenoxy) is 2. The lowest BCUT2D eigenvalue weighted by molar-refractivity contribution is -0.172. The monoisotopic (exact) mass is 404 g/mol. The van der Waals surface area contributed by atoms with Crippen molar-refractivity contribution in [1.29, 1.82) is 0 Å². The van der Waals surface area contributed by atoms with Gasteiger partial charge in [0.15, 0.2) is 5.60 Å². The first-order valence-electron chi connectivity index (χ1n) is 12.1. The van der Waals surface area contributed by atoms with Crippen molar-refractivity contribution in [1.82, 2.24) is 20.1 Å². The summed E-state index contributed by atoms with van der Waals surface area (Å²) in [6, 6.07) is 0.633. The third kappa shape index (κ3) is 3.54. The predicted molar refractivity (Wildman–Crippen MR) is 104 cm³/mol. The standard InChI is InChI=1S/C21H28N4O4/c1-20(13-28-14-20)29-19(27)24-6-3-21(4-7-24)8-17(21)10-23-18(26)25-11-15-2-5-22-9-16(15)12-25/h2,5,9,17H,3-4,6-8,10-14H2,1H3,(H,23,26)/i11D2,12D2. The van der Waals surface area contributed by atoms with Gasteiger partial charge in [0.1, 0.15) is 0 Å². The van der Waals surface area contributed by atoms with Gasteiger partial charge < -0.3 is 24.6 Å². The summed E-state index contributed by atoms with van der Waals surface area (Å²) in [4.78, 5) is 31.5. The first-order chi connectivity index (χ1) is 15.5. The average Bonchev–Trinajstić information content (AvgIpc) is 3.38. The molecule has 1 aromatic heterocycles. The topological polar surface area (TPSA) is 84.0 Å². The number of nitrogens with zero attached hydrogens (tertiary/aromatic N) is 3. The Bertz CT molecular complexity index is 944. The van der Waals surface area contributed by atoms with E-state index in [4.69, 9.17) is 15.0 Å². The Morgan fingerprint density at radius 2 is 2.07 bits per heavy atom. The summed E-state index contributed by atoms with van der Waals surface area (Å²) in [6.07, 6.45) is 4.91. The quantitative estimate of drug-likeness (QED) is 0.834. The molecule has 1 atom stereocenters. The highest BCUT2D eigenvalue weighted by Gasteiger charge is 2.55. The van der Waals surface area contributed by atoms with E-state index in [1.165, 1.54) is 18.5 Å². The van der Waals surface area contributed by atoms with Crippen molar-refractivity contribution in [3.05, 3.63) is 29.6 Å². The Morgan fingerprint density at radius 3 is 2.76 bits per heavy atom. The molecule has 1 N–H and O–H groups in total. The van der Waals surface area contributed by atoms with Crippen LogP contribution in [0.15, 0.2) is 18.5 Å². The normalized spacial score (nSPS) is 31.4. The van der Waals surface area contributed by atoms with Crippen LogP contribution in [-0.4, -0.2) is 65.4 Å². The Morgan fingerprint density at radius 1 is 1.31 bits per heavy atom. The van der Waals surface area contributed by atoms with Gasteiger partial charge >= 0.3 is 12.1 Å². The number of hydrogen-bond donors (Lipinski definition) is 1. The van der Waals surface area contributed by atoms with E-state index >= 15 is 0 Å². The first kappa shape index (κ1) is 14.6. The second-order valence-corrected chi connectivity index (χ2v) is 8.73. The molecule has 3 aliphatic heterocycles. The molecular weight excluding hydrogens is 372 g/mol. The first-order valence-corrected chi connectivity index (χ1v) is 10.1.